The molecule has 7 heteroatoms. The van der Waals surface area contributed by atoms with E-state index in [0.29, 0.717) is 24.5 Å². The summed E-state index contributed by atoms with van der Waals surface area (Å²) in [6.07, 6.45) is 1.96. The fourth-order valence-electron chi connectivity index (χ4n) is 3.09. The minimum Gasteiger partial charge on any atom is -0.454 e. The standard InChI is InChI=1S/C24H29N3O3S/c1-3-4-14-26-22-15-19(17-27-20-12-10-18(2)11-13-20)16-23(31(25,28)29)24(22)30-21-8-6-5-7-9-21/h5-13,15-16,26-27H,3-4,14,17H2,1-2H3,(H2,25,28,29). The molecule has 3 aromatic rings. The number of nitrogens with two attached hydrogens (primary N) is 1. The minimum absolute atomic E-state index is 0.0430. The van der Waals surface area contributed by atoms with E-state index >= 15 is 0 Å². The van der Waals surface area contributed by atoms with Gasteiger partial charge in [-0.1, -0.05) is 49.2 Å². The molecular weight excluding hydrogens is 410 g/mol. The van der Waals surface area contributed by atoms with Crippen molar-refractivity contribution in [3.63, 3.8) is 0 Å². The van der Waals surface area contributed by atoms with Crippen LogP contribution in [0.5, 0.6) is 11.5 Å². The number of ether oxygens (including phenoxy) is 1. The number of anilines is 2. The van der Waals surface area contributed by atoms with Crippen LogP contribution in [0.25, 0.3) is 0 Å². The number of para-hydroxylation sites is 1. The summed E-state index contributed by atoms with van der Waals surface area (Å²) in [6.45, 7) is 5.27. The van der Waals surface area contributed by atoms with Gasteiger partial charge in [-0.2, -0.15) is 0 Å². The first kappa shape index (κ1) is 22.7. The molecule has 0 saturated carbocycles. The van der Waals surface area contributed by atoms with E-state index in [-0.39, 0.29) is 10.6 Å². The summed E-state index contributed by atoms with van der Waals surface area (Å²) >= 11 is 0. The van der Waals surface area contributed by atoms with Gasteiger partial charge in [-0.05, 0) is 55.3 Å². The lowest BCUT2D eigenvalue weighted by atomic mass is 10.1. The Bertz CT molecular complexity index is 1100. The second-order valence-corrected chi connectivity index (χ2v) is 8.96. The number of unbranched alkanes of at least 4 members (excludes halogenated alkanes) is 1. The Labute approximate surface area is 184 Å². The maximum atomic E-state index is 12.4. The molecule has 3 rings (SSSR count). The van der Waals surface area contributed by atoms with E-state index in [2.05, 4.69) is 17.6 Å². The van der Waals surface area contributed by atoms with E-state index in [4.69, 9.17) is 9.88 Å². The number of primary sulfonamides is 1. The van der Waals surface area contributed by atoms with E-state index in [1.807, 2.05) is 55.5 Å². The Kier molecular flexibility index (Phi) is 7.55. The van der Waals surface area contributed by atoms with Crippen molar-refractivity contribution >= 4 is 21.4 Å². The number of rotatable bonds is 10. The Morgan fingerprint density at radius 2 is 1.68 bits per heavy atom. The SMILES string of the molecule is CCCCNc1cc(CNc2ccc(C)cc2)cc(S(N)(=O)=O)c1Oc1ccccc1. The molecule has 3 aromatic carbocycles. The first-order valence-electron chi connectivity index (χ1n) is 10.3. The fourth-order valence-corrected chi connectivity index (χ4v) is 3.82. The van der Waals surface area contributed by atoms with E-state index in [0.717, 1.165) is 24.1 Å². The zero-order valence-electron chi connectivity index (χ0n) is 17.9. The minimum atomic E-state index is -4.01. The van der Waals surface area contributed by atoms with Gasteiger partial charge in [0, 0.05) is 18.8 Å². The fraction of sp³-hybridized carbons (Fsp3) is 0.250. The molecule has 0 saturated heterocycles. The molecule has 164 valence electrons. The average Bonchev–Trinajstić information content (AvgIpc) is 2.74. The number of sulfonamides is 1. The molecule has 0 bridgehead atoms. The van der Waals surface area contributed by atoms with Gasteiger partial charge >= 0.3 is 0 Å². The first-order valence-corrected chi connectivity index (χ1v) is 11.9. The smallest absolute Gasteiger partial charge is 0.241 e. The largest absolute Gasteiger partial charge is 0.454 e. The number of benzene rings is 3. The van der Waals surface area contributed by atoms with Crippen LogP contribution in [0.3, 0.4) is 0 Å². The summed E-state index contributed by atoms with van der Waals surface area (Å²) in [5, 5.41) is 12.2. The van der Waals surface area contributed by atoms with Crippen molar-refractivity contribution in [2.45, 2.75) is 38.1 Å². The molecule has 31 heavy (non-hydrogen) atoms. The average molecular weight is 440 g/mol. The van der Waals surface area contributed by atoms with Crippen LogP contribution in [-0.4, -0.2) is 15.0 Å². The van der Waals surface area contributed by atoms with Crippen LogP contribution < -0.4 is 20.5 Å². The Balaban J connectivity index is 1.97. The molecule has 0 spiro atoms. The summed E-state index contributed by atoms with van der Waals surface area (Å²) in [4.78, 5) is -0.0430. The molecule has 0 aliphatic rings. The topological polar surface area (TPSA) is 93.5 Å². The van der Waals surface area contributed by atoms with Crippen molar-refractivity contribution < 1.29 is 13.2 Å². The van der Waals surface area contributed by atoms with Crippen LogP contribution in [0.1, 0.15) is 30.9 Å². The van der Waals surface area contributed by atoms with E-state index in [1.165, 1.54) is 5.56 Å². The Morgan fingerprint density at radius 3 is 2.32 bits per heavy atom. The number of nitrogens with one attached hydrogen (secondary N) is 2. The normalized spacial score (nSPS) is 11.2. The van der Waals surface area contributed by atoms with Crippen LogP contribution in [-0.2, 0) is 16.6 Å². The highest BCUT2D eigenvalue weighted by Gasteiger charge is 2.21. The highest BCUT2D eigenvalue weighted by Crippen LogP contribution is 2.37. The second kappa shape index (κ2) is 10.3. The number of hydrogen-bond donors (Lipinski definition) is 3. The van der Waals surface area contributed by atoms with Gasteiger partial charge in [0.05, 0.1) is 5.69 Å². The molecule has 0 atom stereocenters. The van der Waals surface area contributed by atoms with Gasteiger partial charge in [-0.15, -0.1) is 0 Å². The van der Waals surface area contributed by atoms with Crippen LogP contribution >= 0.6 is 0 Å². The predicted molar refractivity (Wildman–Crippen MR) is 126 cm³/mol. The molecule has 6 nitrogen and oxygen atoms in total. The molecule has 0 heterocycles. The summed E-state index contributed by atoms with van der Waals surface area (Å²) < 4.78 is 30.9. The maximum Gasteiger partial charge on any atom is 0.241 e. The van der Waals surface area contributed by atoms with Crippen molar-refractivity contribution in [2.24, 2.45) is 5.14 Å². The molecule has 0 aliphatic carbocycles. The van der Waals surface area contributed by atoms with E-state index in [1.54, 1.807) is 18.2 Å². The van der Waals surface area contributed by atoms with E-state index in [9.17, 15) is 8.42 Å². The van der Waals surface area contributed by atoms with Gasteiger partial charge in [0.15, 0.2) is 5.75 Å². The number of aryl methyl sites for hydroxylation is 1. The van der Waals surface area contributed by atoms with Crippen LogP contribution in [0.4, 0.5) is 11.4 Å². The lowest BCUT2D eigenvalue weighted by Gasteiger charge is -2.18. The molecular formula is C24H29N3O3S. The van der Waals surface area contributed by atoms with Crippen molar-refractivity contribution in [2.75, 3.05) is 17.2 Å². The van der Waals surface area contributed by atoms with Gasteiger partial charge in [-0.25, -0.2) is 13.6 Å². The number of hydrogen-bond acceptors (Lipinski definition) is 5. The van der Waals surface area contributed by atoms with Crippen LogP contribution in [0.2, 0.25) is 0 Å². The van der Waals surface area contributed by atoms with Crippen LogP contribution in [0.15, 0.2) is 71.6 Å². The van der Waals surface area contributed by atoms with Gasteiger partial charge in [0.25, 0.3) is 0 Å². The van der Waals surface area contributed by atoms with Gasteiger partial charge in [0.1, 0.15) is 10.6 Å². The van der Waals surface area contributed by atoms with Crippen molar-refractivity contribution in [3.05, 3.63) is 77.9 Å². The summed E-state index contributed by atoms with van der Waals surface area (Å²) in [6, 6.07) is 20.6. The first-order chi connectivity index (χ1) is 14.9. The third kappa shape index (κ3) is 6.47. The Morgan fingerprint density at radius 1 is 0.968 bits per heavy atom. The summed E-state index contributed by atoms with van der Waals surface area (Å²) in [5.74, 6) is 0.750. The van der Waals surface area contributed by atoms with Crippen molar-refractivity contribution in [3.8, 4) is 11.5 Å². The monoisotopic (exact) mass is 439 g/mol. The maximum absolute atomic E-state index is 12.4. The molecule has 0 aliphatic heterocycles. The molecule has 4 N–H and O–H groups in total. The van der Waals surface area contributed by atoms with Gasteiger partial charge < -0.3 is 15.4 Å². The quantitative estimate of drug-likeness (QED) is 0.375. The van der Waals surface area contributed by atoms with Crippen LogP contribution in [0, 0.1) is 6.92 Å². The lowest BCUT2D eigenvalue weighted by Crippen LogP contribution is -2.16. The van der Waals surface area contributed by atoms with Crippen molar-refractivity contribution in [1.82, 2.24) is 0 Å². The molecule has 0 radical (unpaired) electrons. The molecule has 0 unspecified atom stereocenters. The predicted octanol–water partition coefficient (Wildman–Crippen LogP) is 5.26. The third-order valence-corrected chi connectivity index (χ3v) is 5.69. The highest BCUT2D eigenvalue weighted by molar-refractivity contribution is 7.89. The summed E-state index contributed by atoms with van der Waals surface area (Å²) in [5.41, 5.74) is 3.51. The van der Waals surface area contributed by atoms with Crippen molar-refractivity contribution in [1.29, 1.82) is 0 Å². The van der Waals surface area contributed by atoms with E-state index < -0.39 is 10.0 Å². The lowest BCUT2D eigenvalue weighted by molar-refractivity contribution is 0.469. The zero-order chi connectivity index (χ0) is 22.3. The molecule has 0 aromatic heterocycles. The third-order valence-electron chi connectivity index (χ3n) is 4.78. The molecule has 0 amide bonds. The van der Waals surface area contributed by atoms with Gasteiger partial charge in [-0.3, -0.25) is 0 Å². The summed E-state index contributed by atoms with van der Waals surface area (Å²) in [7, 11) is -4.01. The highest BCUT2D eigenvalue weighted by atomic mass is 32.2. The van der Waals surface area contributed by atoms with Gasteiger partial charge in [0.2, 0.25) is 10.0 Å². The second-order valence-electron chi connectivity index (χ2n) is 7.43. The zero-order valence-corrected chi connectivity index (χ0v) is 18.7. The Hall–Kier alpha value is -3.03. The molecule has 0 fully saturated rings.